The minimum absolute atomic E-state index is 0. The summed E-state index contributed by atoms with van der Waals surface area (Å²) in [5.74, 6) is 0.700. The molecule has 0 aliphatic rings. The molecule has 116 valence electrons. The van der Waals surface area contributed by atoms with E-state index in [2.05, 4.69) is 0 Å². The monoisotopic (exact) mass is 304 g/mol. The second-order valence-corrected chi connectivity index (χ2v) is 5.00. The van der Waals surface area contributed by atoms with Crippen molar-refractivity contribution in [2.45, 2.75) is 7.43 Å². The Kier molecular flexibility index (Phi) is 5.21. The summed E-state index contributed by atoms with van der Waals surface area (Å²) in [6, 6.07) is 26.6. The third-order valence-corrected chi connectivity index (χ3v) is 3.53. The maximum absolute atomic E-state index is 9.37. The second kappa shape index (κ2) is 7.32. The van der Waals surface area contributed by atoms with Crippen molar-refractivity contribution in [1.82, 2.24) is 0 Å². The zero-order chi connectivity index (χ0) is 15.4. The van der Waals surface area contributed by atoms with E-state index in [0.29, 0.717) is 11.5 Å². The first-order chi connectivity index (χ1) is 10.8. The molecular weight excluding hydrogens is 284 g/mol. The predicted molar refractivity (Wildman–Crippen MR) is 98.0 cm³/mol. The Morgan fingerprint density at radius 3 is 1.17 bits per heavy atom. The largest absolute Gasteiger partial charge is 0.507 e. The molecule has 4 aromatic rings. The van der Waals surface area contributed by atoms with E-state index in [4.69, 9.17) is 0 Å². The molecule has 0 unspecified atom stereocenters. The number of phenolic OH excluding ortho intramolecular Hbond substituents is 2. The van der Waals surface area contributed by atoms with Crippen LogP contribution in [0.1, 0.15) is 7.43 Å². The van der Waals surface area contributed by atoms with Gasteiger partial charge in [-0.15, -0.1) is 0 Å². The number of hydrogen-bond donors (Lipinski definition) is 2. The fourth-order valence-corrected chi connectivity index (χ4v) is 2.42. The highest BCUT2D eigenvalue weighted by molar-refractivity contribution is 5.88. The molecule has 0 heterocycles. The van der Waals surface area contributed by atoms with Crippen LogP contribution in [0, 0.1) is 0 Å². The highest BCUT2D eigenvalue weighted by atomic mass is 16.3. The molecular formula is C21H20O2. The van der Waals surface area contributed by atoms with Crippen LogP contribution < -0.4 is 0 Å². The molecule has 2 heteroatoms. The zero-order valence-electron chi connectivity index (χ0n) is 12.0. The van der Waals surface area contributed by atoms with Crippen LogP contribution in [0.3, 0.4) is 0 Å². The first-order valence-corrected chi connectivity index (χ1v) is 7.09. The highest BCUT2D eigenvalue weighted by Crippen LogP contribution is 2.23. The average Bonchev–Trinajstić information content (AvgIpc) is 2.57. The van der Waals surface area contributed by atoms with Crippen LogP contribution in [0.25, 0.3) is 21.5 Å². The molecule has 0 aliphatic heterocycles. The van der Waals surface area contributed by atoms with E-state index >= 15 is 0 Å². The lowest BCUT2D eigenvalue weighted by atomic mass is 10.1. The van der Waals surface area contributed by atoms with Crippen molar-refractivity contribution in [3.05, 3.63) is 84.9 Å². The molecule has 0 saturated carbocycles. The van der Waals surface area contributed by atoms with Crippen molar-refractivity contribution in [2.75, 3.05) is 0 Å². The maximum Gasteiger partial charge on any atom is 0.123 e. The van der Waals surface area contributed by atoms with E-state index in [1.165, 1.54) is 0 Å². The summed E-state index contributed by atoms with van der Waals surface area (Å²) in [5, 5.41) is 22.7. The molecule has 0 amide bonds. The lowest BCUT2D eigenvalue weighted by Gasteiger charge is -1.97. The van der Waals surface area contributed by atoms with Crippen LogP contribution in [-0.2, 0) is 0 Å². The van der Waals surface area contributed by atoms with E-state index in [0.717, 1.165) is 21.5 Å². The highest BCUT2D eigenvalue weighted by Gasteiger charge is 1.95. The van der Waals surface area contributed by atoms with Gasteiger partial charge in [-0.05, 0) is 22.9 Å². The van der Waals surface area contributed by atoms with E-state index in [1.54, 1.807) is 12.1 Å². The Balaban J connectivity index is 0.000000160. The summed E-state index contributed by atoms with van der Waals surface area (Å²) in [5.41, 5.74) is 0. The fraction of sp³-hybridized carbons (Fsp3) is 0.0476. The van der Waals surface area contributed by atoms with Crippen LogP contribution in [-0.4, -0.2) is 10.2 Å². The predicted octanol–water partition coefficient (Wildman–Crippen LogP) is 5.73. The van der Waals surface area contributed by atoms with Gasteiger partial charge >= 0.3 is 0 Å². The van der Waals surface area contributed by atoms with Gasteiger partial charge in [0.05, 0.1) is 0 Å². The summed E-state index contributed by atoms with van der Waals surface area (Å²) in [6.07, 6.45) is 0. The van der Waals surface area contributed by atoms with Gasteiger partial charge in [-0.1, -0.05) is 80.2 Å². The molecule has 4 rings (SSSR count). The van der Waals surface area contributed by atoms with Gasteiger partial charge in [0.25, 0.3) is 0 Å². The normalized spacial score (nSPS) is 9.74. The van der Waals surface area contributed by atoms with Crippen molar-refractivity contribution < 1.29 is 10.2 Å². The van der Waals surface area contributed by atoms with Gasteiger partial charge in [-0.25, -0.2) is 0 Å². The van der Waals surface area contributed by atoms with E-state index in [1.807, 2.05) is 72.8 Å². The zero-order valence-corrected chi connectivity index (χ0v) is 12.0. The number of phenols is 2. The molecule has 4 aromatic carbocycles. The average molecular weight is 304 g/mol. The molecule has 2 N–H and O–H groups in total. The summed E-state index contributed by atoms with van der Waals surface area (Å²) < 4.78 is 0. The van der Waals surface area contributed by atoms with E-state index in [-0.39, 0.29) is 7.43 Å². The topological polar surface area (TPSA) is 40.5 Å². The minimum Gasteiger partial charge on any atom is -0.507 e. The minimum atomic E-state index is 0. The molecule has 0 aromatic heterocycles. The Bertz CT molecular complexity index is 825. The van der Waals surface area contributed by atoms with E-state index in [9.17, 15) is 10.2 Å². The van der Waals surface area contributed by atoms with Gasteiger partial charge in [0, 0.05) is 10.8 Å². The van der Waals surface area contributed by atoms with Gasteiger partial charge in [0.1, 0.15) is 11.5 Å². The van der Waals surface area contributed by atoms with Crippen LogP contribution in [0.2, 0.25) is 0 Å². The van der Waals surface area contributed by atoms with Crippen LogP contribution >= 0.6 is 0 Å². The first kappa shape index (κ1) is 16.4. The lowest BCUT2D eigenvalue weighted by Crippen LogP contribution is -1.70. The van der Waals surface area contributed by atoms with Crippen LogP contribution in [0.5, 0.6) is 11.5 Å². The molecule has 0 aliphatic carbocycles. The number of aromatic hydroxyl groups is 2. The smallest absolute Gasteiger partial charge is 0.123 e. The molecule has 0 saturated heterocycles. The third-order valence-electron chi connectivity index (χ3n) is 3.53. The number of fused-ring (bicyclic) bond motifs is 2. The summed E-state index contributed by atoms with van der Waals surface area (Å²) >= 11 is 0. The fourth-order valence-electron chi connectivity index (χ4n) is 2.42. The standard InChI is InChI=1S/2C10H8O.CH4/c2*11-10-7-3-5-8-4-1-2-6-9(8)10;/h2*1-7,11H;1H4. The Morgan fingerprint density at radius 2 is 0.783 bits per heavy atom. The van der Waals surface area contributed by atoms with Gasteiger partial charge in [-0.2, -0.15) is 0 Å². The summed E-state index contributed by atoms with van der Waals surface area (Å²) in [6.45, 7) is 0. The van der Waals surface area contributed by atoms with E-state index < -0.39 is 0 Å². The van der Waals surface area contributed by atoms with Gasteiger partial charge in [0.15, 0.2) is 0 Å². The molecule has 0 bridgehead atoms. The van der Waals surface area contributed by atoms with Gasteiger partial charge in [-0.3, -0.25) is 0 Å². The Morgan fingerprint density at radius 1 is 0.435 bits per heavy atom. The molecule has 0 radical (unpaired) electrons. The Labute approximate surface area is 136 Å². The number of benzene rings is 4. The van der Waals surface area contributed by atoms with Crippen molar-refractivity contribution >= 4 is 21.5 Å². The van der Waals surface area contributed by atoms with Crippen molar-refractivity contribution in [2.24, 2.45) is 0 Å². The molecule has 0 spiro atoms. The maximum atomic E-state index is 9.37. The Hall–Kier alpha value is -3.00. The van der Waals surface area contributed by atoms with Gasteiger partial charge < -0.3 is 10.2 Å². The summed E-state index contributed by atoms with van der Waals surface area (Å²) in [4.78, 5) is 0. The number of hydrogen-bond acceptors (Lipinski definition) is 2. The molecule has 2 nitrogen and oxygen atoms in total. The van der Waals surface area contributed by atoms with Crippen LogP contribution in [0.15, 0.2) is 84.9 Å². The third kappa shape index (κ3) is 3.61. The quantitative estimate of drug-likeness (QED) is 0.436. The lowest BCUT2D eigenvalue weighted by molar-refractivity contribution is 0.481. The van der Waals surface area contributed by atoms with Crippen molar-refractivity contribution in [3.63, 3.8) is 0 Å². The number of rotatable bonds is 0. The molecule has 0 fully saturated rings. The molecule has 23 heavy (non-hydrogen) atoms. The van der Waals surface area contributed by atoms with Crippen molar-refractivity contribution in [1.29, 1.82) is 0 Å². The SMILES string of the molecule is C.Oc1cccc2ccccc12.Oc1cccc2ccccc12. The summed E-state index contributed by atoms with van der Waals surface area (Å²) in [7, 11) is 0. The second-order valence-electron chi connectivity index (χ2n) is 5.00. The van der Waals surface area contributed by atoms with Crippen molar-refractivity contribution in [3.8, 4) is 11.5 Å². The van der Waals surface area contributed by atoms with Crippen LogP contribution in [0.4, 0.5) is 0 Å². The first-order valence-electron chi connectivity index (χ1n) is 7.09. The molecule has 0 atom stereocenters. The van der Waals surface area contributed by atoms with Gasteiger partial charge in [0.2, 0.25) is 0 Å².